The predicted octanol–water partition coefficient (Wildman–Crippen LogP) is 5.91. The Labute approximate surface area is 186 Å². The third-order valence-electron chi connectivity index (χ3n) is 5.83. The van der Waals surface area contributed by atoms with Gasteiger partial charge in [-0.1, -0.05) is 41.4 Å². The fourth-order valence-electron chi connectivity index (χ4n) is 4.20. The molecule has 0 unspecified atom stereocenters. The highest BCUT2D eigenvalue weighted by Gasteiger charge is 2.41. The van der Waals surface area contributed by atoms with E-state index in [1.165, 1.54) is 5.56 Å². The number of fused-ring (bicyclic) bond motifs is 3. The number of methoxy groups -OCH3 is 2. The van der Waals surface area contributed by atoms with Gasteiger partial charge in [0, 0.05) is 28.1 Å². The maximum atomic E-state index is 6.41. The van der Waals surface area contributed by atoms with Gasteiger partial charge in [-0.2, -0.15) is 5.10 Å². The summed E-state index contributed by atoms with van der Waals surface area (Å²) in [5.74, 6) is 2.22. The van der Waals surface area contributed by atoms with E-state index in [4.69, 9.17) is 30.9 Å². The van der Waals surface area contributed by atoms with Crippen LogP contribution in [-0.4, -0.2) is 24.9 Å². The standard InChI is InChI=1S/C25H23ClN2O3/c1-15-4-6-16(7-5-15)25-28-21(19-13-18(26)9-11-22(19)31-25)14-20(27-28)17-8-10-23(29-2)24(12-17)30-3/h4-13,21,25H,14H2,1-3H3/t21-,25-/m0/s1. The molecule has 31 heavy (non-hydrogen) atoms. The summed E-state index contributed by atoms with van der Waals surface area (Å²) in [6.07, 6.45) is 0.436. The Kier molecular flexibility index (Phi) is 4.98. The zero-order valence-corrected chi connectivity index (χ0v) is 18.4. The third kappa shape index (κ3) is 3.49. The van der Waals surface area contributed by atoms with Crippen molar-refractivity contribution in [3.8, 4) is 17.2 Å². The first-order valence-corrected chi connectivity index (χ1v) is 10.6. The van der Waals surface area contributed by atoms with Crippen LogP contribution in [0.2, 0.25) is 5.02 Å². The van der Waals surface area contributed by atoms with Gasteiger partial charge in [0.15, 0.2) is 11.5 Å². The molecule has 5 nitrogen and oxygen atoms in total. The van der Waals surface area contributed by atoms with Gasteiger partial charge < -0.3 is 14.2 Å². The predicted molar refractivity (Wildman–Crippen MR) is 121 cm³/mol. The molecule has 0 bridgehead atoms. The Morgan fingerprint density at radius 1 is 0.968 bits per heavy atom. The van der Waals surface area contributed by atoms with Gasteiger partial charge in [0.25, 0.3) is 0 Å². The zero-order valence-electron chi connectivity index (χ0n) is 17.6. The lowest BCUT2D eigenvalue weighted by Crippen LogP contribution is -2.33. The molecule has 2 aliphatic rings. The molecule has 0 spiro atoms. The first kappa shape index (κ1) is 19.8. The monoisotopic (exact) mass is 434 g/mol. The lowest BCUT2D eigenvalue weighted by Gasteiger charge is -2.38. The van der Waals surface area contributed by atoms with Crippen molar-refractivity contribution in [2.45, 2.75) is 25.6 Å². The van der Waals surface area contributed by atoms with Crippen molar-refractivity contribution >= 4 is 17.3 Å². The average molecular weight is 435 g/mol. The van der Waals surface area contributed by atoms with E-state index < -0.39 is 0 Å². The Hall–Kier alpha value is -3.18. The van der Waals surface area contributed by atoms with E-state index in [1.54, 1.807) is 14.2 Å². The summed E-state index contributed by atoms with van der Waals surface area (Å²) in [6, 6.07) is 20.1. The highest BCUT2D eigenvalue weighted by atomic mass is 35.5. The van der Waals surface area contributed by atoms with E-state index >= 15 is 0 Å². The Morgan fingerprint density at radius 2 is 1.74 bits per heavy atom. The van der Waals surface area contributed by atoms with Crippen LogP contribution >= 0.6 is 11.6 Å². The summed E-state index contributed by atoms with van der Waals surface area (Å²) in [7, 11) is 3.27. The van der Waals surface area contributed by atoms with Gasteiger partial charge in [-0.3, -0.25) is 0 Å². The normalized spacial score (nSPS) is 19.2. The van der Waals surface area contributed by atoms with E-state index in [9.17, 15) is 0 Å². The molecule has 6 heteroatoms. The number of halogens is 1. The van der Waals surface area contributed by atoms with Crippen LogP contribution in [0.5, 0.6) is 17.2 Å². The molecule has 0 N–H and O–H groups in total. The van der Waals surface area contributed by atoms with E-state index in [2.05, 4.69) is 36.2 Å². The number of aryl methyl sites for hydroxylation is 1. The maximum absolute atomic E-state index is 6.41. The SMILES string of the molecule is COc1ccc(C2=NN3[C@@H](C2)c2cc(Cl)ccc2O[C@H]3c2ccc(C)cc2)cc1OC. The minimum Gasteiger partial charge on any atom is -0.493 e. The van der Waals surface area contributed by atoms with Crippen molar-refractivity contribution in [2.75, 3.05) is 14.2 Å². The second-order valence-electron chi connectivity index (χ2n) is 7.78. The van der Waals surface area contributed by atoms with Gasteiger partial charge in [-0.25, -0.2) is 5.01 Å². The molecule has 0 saturated heterocycles. The molecule has 0 saturated carbocycles. The fourth-order valence-corrected chi connectivity index (χ4v) is 4.38. The first-order chi connectivity index (χ1) is 15.1. The molecule has 0 aromatic heterocycles. The van der Waals surface area contributed by atoms with Crippen molar-refractivity contribution in [3.05, 3.63) is 87.9 Å². The fraction of sp³-hybridized carbons (Fsp3) is 0.240. The Bertz CT molecular complexity index is 1160. The topological polar surface area (TPSA) is 43.3 Å². The van der Waals surface area contributed by atoms with Crippen LogP contribution in [0.25, 0.3) is 0 Å². The molecule has 5 rings (SSSR count). The number of nitrogens with zero attached hydrogens (tertiary/aromatic N) is 2. The Morgan fingerprint density at radius 3 is 2.48 bits per heavy atom. The molecule has 2 aliphatic heterocycles. The van der Waals surface area contributed by atoms with E-state index in [-0.39, 0.29) is 12.3 Å². The summed E-state index contributed by atoms with van der Waals surface area (Å²) in [4.78, 5) is 0. The zero-order chi connectivity index (χ0) is 21.5. The molecule has 0 radical (unpaired) electrons. The van der Waals surface area contributed by atoms with Crippen molar-refractivity contribution < 1.29 is 14.2 Å². The van der Waals surface area contributed by atoms with E-state index in [0.717, 1.165) is 34.6 Å². The molecule has 2 heterocycles. The summed E-state index contributed by atoms with van der Waals surface area (Å²) in [5, 5.41) is 7.75. The van der Waals surface area contributed by atoms with E-state index in [0.29, 0.717) is 16.5 Å². The molecule has 0 aliphatic carbocycles. The molecule has 2 atom stereocenters. The maximum Gasteiger partial charge on any atom is 0.213 e. The third-order valence-corrected chi connectivity index (χ3v) is 6.07. The van der Waals surface area contributed by atoms with Crippen molar-refractivity contribution in [2.24, 2.45) is 5.10 Å². The second-order valence-corrected chi connectivity index (χ2v) is 8.22. The Balaban J connectivity index is 1.58. The number of rotatable bonds is 4. The lowest BCUT2D eigenvalue weighted by atomic mass is 9.95. The van der Waals surface area contributed by atoms with Gasteiger partial charge in [0.05, 0.1) is 26.0 Å². The lowest BCUT2D eigenvalue weighted by molar-refractivity contribution is -0.0190. The van der Waals surface area contributed by atoms with Gasteiger partial charge in [0.1, 0.15) is 5.75 Å². The summed E-state index contributed by atoms with van der Waals surface area (Å²) >= 11 is 6.32. The molecule has 3 aromatic carbocycles. The molecule has 0 fully saturated rings. The summed E-state index contributed by atoms with van der Waals surface area (Å²) in [6.45, 7) is 2.08. The van der Waals surface area contributed by atoms with Crippen LogP contribution in [0.3, 0.4) is 0 Å². The number of benzene rings is 3. The number of hydrazone groups is 1. The minimum atomic E-state index is -0.308. The quantitative estimate of drug-likeness (QED) is 0.512. The van der Waals surface area contributed by atoms with Crippen LogP contribution in [0, 0.1) is 6.92 Å². The van der Waals surface area contributed by atoms with Gasteiger partial charge in [-0.05, 0) is 43.3 Å². The number of ether oxygens (including phenoxy) is 3. The number of hydrogen-bond donors (Lipinski definition) is 0. The van der Waals surface area contributed by atoms with Crippen molar-refractivity contribution in [3.63, 3.8) is 0 Å². The minimum absolute atomic E-state index is 0.0387. The van der Waals surface area contributed by atoms with Crippen molar-refractivity contribution in [1.82, 2.24) is 5.01 Å². The average Bonchev–Trinajstić information content (AvgIpc) is 3.24. The molecule has 3 aromatic rings. The van der Waals surface area contributed by atoms with Crippen LogP contribution in [0.4, 0.5) is 0 Å². The highest BCUT2D eigenvalue weighted by molar-refractivity contribution is 6.30. The largest absolute Gasteiger partial charge is 0.493 e. The summed E-state index contributed by atoms with van der Waals surface area (Å²) < 4.78 is 17.3. The molecular weight excluding hydrogens is 412 g/mol. The van der Waals surface area contributed by atoms with E-state index in [1.807, 2.05) is 36.4 Å². The molecule has 0 amide bonds. The van der Waals surface area contributed by atoms with Crippen LogP contribution in [0.1, 0.15) is 40.9 Å². The van der Waals surface area contributed by atoms with Gasteiger partial charge >= 0.3 is 0 Å². The van der Waals surface area contributed by atoms with Crippen LogP contribution in [-0.2, 0) is 0 Å². The van der Waals surface area contributed by atoms with Crippen LogP contribution in [0.15, 0.2) is 65.8 Å². The van der Waals surface area contributed by atoms with Gasteiger partial charge in [0.2, 0.25) is 6.23 Å². The smallest absolute Gasteiger partial charge is 0.213 e. The van der Waals surface area contributed by atoms with Crippen LogP contribution < -0.4 is 14.2 Å². The highest BCUT2D eigenvalue weighted by Crippen LogP contribution is 2.48. The second kappa shape index (κ2) is 7.82. The summed E-state index contributed by atoms with van der Waals surface area (Å²) in [5.41, 5.74) is 5.29. The number of hydrogen-bond acceptors (Lipinski definition) is 5. The van der Waals surface area contributed by atoms with Gasteiger partial charge in [-0.15, -0.1) is 0 Å². The molecule has 158 valence electrons. The first-order valence-electron chi connectivity index (χ1n) is 10.2. The molecular formula is C25H23ClN2O3. The van der Waals surface area contributed by atoms with Crippen molar-refractivity contribution in [1.29, 1.82) is 0 Å².